The Bertz CT molecular complexity index is 619. The van der Waals surface area contributed by atoms with Gasteiger partial charge in [-0.05, 0) is 63.9 Å². The van der Waals surface area contributed by atoms with Crippen molar-refractivity contribution >= 4 is 5.96 Å². The van der Waals surface area contributed by atoms with E-state index < -0.39 is 0 Å². The molecule has 0 unspecified atom stereocenters. The van der Waals surface area contributed by atoms with Gasteiger partial charge in [-0.25, -0.2) is 9.38 Å². The summed E-state index contributed by atoms with van der Waals surface area (Å²) in [6.45, 7) is 8.03. The van der Waals surface area contributed by atoms with Crippen molar-refractivity contribution in [1.29, 1.82) is 0 Å². The third-order valence-corrected chi connectivity index (χ3v) is 4.81. The van der Waals surface area contributed by atoms with Crippen molar-refractivity contribution in [3.05, 3.63) is 35.1 Å². The summed E-state index contributed by atoms with van der Waals surface area (Å²) in [5.74, 6) is 1.25. The highest BCUT2D eigenvalue weighted by atomic mass is 19.1. The predicted molar refractivity (Wildman–Crippen MR) is 116 cm³/mol. The monoisotopic (exact) mass is 408 g/mol. The quantitative estimate of drug-likeness (QED) is 0.335. The Morgan fingerprint density at radius 2 is 2.07 bits per heavy atom. The van der Waals surface area contributed by atoms with Gasteiger partial charge < -0.3 is 25.0 Å². The molecule has 164 valence electrons. The van der Waals surface area contributed by atoms with Gasteiger partial charge in [-0.15, -0.1) is 0 Å². The minimum Gasteiger partial charge on any atom is -0.381 e. The van der Waals surface area contributed by atoms with Gasteiger partial charge in [0.05, 0.1) is 6.54 Å². The fraction of sp³-hybridized carbons (Fsp3) is 0.682. The summed E-state index contributed by atoms with van der Waals surface area (Å²) in [6.07, 6.45) is 3.14. The zero-order valence-electron chi connectivity index (χ0n) is 18.2. The van der Waals surface area contributed by atoms with Crippen LogP contribution in [-0.4, -0.2) is 64.5 Å². The van der Waals surface area contributed by atoms with Gasteiger partial charge in [0.15, 0.2) is 5.96 Å². The van der Waals surface area contributed by atoms with Crippen molar-refractivity contribution < 1.29 is 13.9 Å². The first-order chi connectivity index (χ1) is 14.1. The van der Waals surface area contributed by atoms with Gasteiger partial charge in [0.1, 0.15) is 5.82 Å². The number of nitrogens with zero attached hydrogens (tertiary/aromatic N) is 2. The molecular weight excluding hydrogens is 371 g/mol. The van der Waals surface area contributed by atoms with Crippen molar-refractivity contribution in [3.63, 3.8) is 0 Å². The number of hydrogen-bond donors (Lipinski definition) is 2. The molecule has 6 nitrogen and oxygen atoms in total. The third kappa shape index (κ3) is 9.56. The van der Waals surface area contributed by atoms with Crippen LogP contribution in [0.4, 0.5) is 4.39 Å². The Morgan fingerprint density at radius 3 is 2.79 bits per heavy atom. The minimum absolute atomic E-state index is 0.169. The molecule has 1 aromatic carbocycles. The summed E-state index contributed by atoms with van der Waals surface area (Å²) in [5, 5.41) is 6.60. The third-order valence-electron chi connectivity index (χ3n) is 4.81. The number of rotatable bonds is 11. The van der Waals surface area contributed by atoms with Crippen LogP contribution < -0.4 is 10.6 Å². The molecule has 7 heteroatoms. The van der Waals surface area contributed by atoms with E-state index in [4.69, 9.17) is 9.47 Å². The Kier molecular flexibility index (Phi) is 11.0. The van der Waals surface area contributed by atoms with Crippen molar-refractivity contribution in [2.75, 3.05) is 53.6 Å². The Balaban J connectivity index is 1.73. The molecule has 0 aliphatic carbocycles. The standard InChI is InChI=1S/C22H37FN4O2/c1-4-24-22(25-10-5-11-29-17-18-8-12-28-13-9-18)26-15-19-6-7-21(23)20(14-19)16-27(2)3/h6-7,14,18H,4-5,8-13,15-17H2,1-3H3,(H2,24,25,26). The summed E-state index contributed by atoms with van der Waals surface area (Å²) < 4.78 is 25.1. The van der Waals surface area contributed by atoms with Crippen LogP contribution in [0.15, 0.2) is 23.2 Å². The summed E-state index contributed by atoms with van der Waals surface area (Å²) in [5.41, 5.74) is 1.70. The molecule has 0 spiro atoms. The van der Waals surface area contributed by atoms with Crippen molar-refractivity contribution in [2.24, 2.45) is 10.9 Å². The van der Waals surface area contributed by atoms with E-state index in [1.807, 2.05) is 32.0 Å². The first-order valence-corrected chi connectivity index (χ1v) is 10.7. The normalized spacial score (nSPS) is 15.7. The van der Waals surface area contributed by atoms with E-state index in [1.165, 1.54) is 6.07 Å². The molecule has 0 aromatic heterocycles. The lowest BCUT2D eigenvalue weighted by molar-refractivity contribution is 0.0203. The molecule has 1 saturated heterocycles. The van der Waals surface area contributed by atoms with Crippen molar-refractivity contribution in [1.82, 2.24) is 15.5 Å². The molecule has 1 heterocycles. The van der Waals surface area contributed by atoms with E-state index in [0.29, 0.717) is 24.6 Å². The van der Waals surface area contributed by atoms with Gasteiger partial charge in [-0.3, -0.25) is 0 Å². The largest absolute Gasteiger partial charge is 0.381 e. The molecule has 2 N–H and O–H groups in total. The summed E-state index contributed by atoms with van der Waals surface area (Å²) >= 11 is 0. The van der Waals surface area contributed by atoms with E-state index >= 15 is 0 Å². The van der Waals surface area contributed by atoms with Crippen LogP contribution >= 0.6 is 0 Å². The SMILES string of the molecule is CCNC(=NCc1ccc(F)c(CN(C)C)c1)NCCCOCC1CCOCC1. The lowest BCUT2D eigenvalue weighted by Crippen LogP contribution is -2.38. The van der Waals surface area contributed by atoms with Gasteiger partial charge >= 0.3 is 0 Å². The predicted octanol–water partition coefficient (Wildman–Crippen LogP) is 2.78. The number of ether oxygens (including phenoxy) is 2. The number of nitrogens with one attached hydrogen (secondary N) is 2. The van der Waals surface area contributed by atoms with Gasteiger partial charge in [-0.1, -0.05) is 6.07 Å². The molecule has 1 aliphatic rings. The highest BCUT2D eigenvalue weighted by molar-refractivity contribution is 5.79. The number of aliphatic imine (C=N–C) groups is 1. The Labute approximate surface area is 174 Å². The van der Waals surface area contributed by atoms with Crippen LogP contribution in [0.25, 0.3) is 0 Å². The lowest BCUT2D eigenvalue weighted by atomic mass is 10.0. The maximum absolute atomic E-state index is 13.9. The highest BCUT2D eigenvalue weighted by Gasteiger charge is 2.13. The van der Waals surface area contributed by atoms with E-state index in [-0.39, 0.29) is 5.82 Å². The zero-order chi connectivity index (χ0) is 20.9. The lowest BCUT2D eigenvalue weighted by Gasteiger charge is -2.21. The number of guanidine groups is 1. The van der Waals surface area contributed by atoms with Crippen LogP contribution in [0.3, 0.4) is 0 Å². The summed E-state index contributed by atoms with van der Waals surface area (Å²) in [6, 6.07) is 5.22. The number of benzene rings is 1. The molecule has 0 bridgehead atoms. The van der Waals surface area contributed by atoms with Crippen LogP contribution in [0.2, 0.25) is 0 Å². The number of halogens is 1. The van der Waals surface area contributed by atoms with Crippen LogP contribution in [0.5, 0.6) is 0 Å². The van der Waals surface area contributed by atoms with E-state index in [1.54, 1.807) is 6.07 Å². The molecule has 29 heavy (non-hydrogen) atoms. The maximum atomic E-state index is 13.9. The van der Waals surface area contributed by atoms with Gasteiger partial charge in [-0.2, -0.15) is 0 Å². The topological polar surface area (TPSA) is 58.1 Å². The zero-order valence-corrected chi connectivity index (χ0v) is 18.2. The maximum Gasteiger partial charge on any atom is 0.191 e. The summed E-state index contributed by atoms with van der Waals surface area (Å²) in [4.78, 5) is 6.59. The molecule has 1 fully saturated rings. The van der Waals surface area contributed by atoms with Gasteiger partial charge in [0, 0.05) is 51.6 Å². The first-order valence-electron chi connectivity index (χ1n) is 10.7. The van der Waals surface area contributed by atoms with Crippen molar-refractivity contribution in [2.45, 2.75) is 39.3 Å². The fourth-order valence-corrected chi connectivity index (χ4v) is 3.24. The molecule has 0 atom stereocenters. The van der Waals surface area contributed by atoms with E-state index in [0.717, 1.165) is 70.3 Å². The van der Waals surface area contributed by atoms with Crippen LogP contribution in [0, 0.1) is 11.7 Å². The van der Waals surface area contributed by atoms with E-state index in [2.05, 4.69) is 15.6 Å². The van der Waals surface area contributed by atoms with Gasteiger partial charge in [0.2, 0.25) is 0 Å². The second kappa shape index (κ2) is 13.5. The van der Waals surface area contributed by atoms with Crippen LogP contribution in [0.1, 0.15) is 37.3 Å². The minimum atomic E-state index is -0.169. The molecule has 2 rings (SSSR count). The Hall–Kier alpha value is -1.70. The second-order valence-corrected chi connectivity index (χ2v) is 7.77. The smallest absolute Gasteiger partial charge is 0.191 e. The molecule has 0 amide bonds. The number of hydrogen-bond acceptors (Lipinski definition) is 4. The molecular formula is C22H37FN4O2. The molecule has 1 aliphatic heterocycles. The molecule has 1 aromatic rings. The first kappa shape index (κ1) is 23.6. The fourth-order valence-electron chi connectivity index (χ4n) is 3.24. The Morgan fingerprint density at radius 1 is 1.28 bits per heavy atom. The molecule has 0 saturated carbocycles. The highest BCUT2D eigenvalue weighted by Crippen LogP contribution is 2.15. The second-order valence-electron chi connectivity index (χ2n) is 7.77. The van der Waals surface area contributed by atoms with E-state index in [9.17, 15) is 4.39 Å². The molecule has 0 radical (unpaired) electrons. The average Bonchev–Trinajstić information content (AvgIpc) is 2.71. The van der Waals surface area contributed by atoms with Gasteiger partial charge in [0.25, 0.3) is 0 Å². The summed E-state index contributed by atoms with van der Waals surface area (Å²) in [7, 11) is 3.87. The van der Waals surface area contributed by atoms with Crippen molar-refractivity contribution in [3.8, 4) is 0 Å². The van der Waals surface area contributed by atoms with Crippen LogP contribution in [-0.2, 0) is 22.6 Å². The average molecular weight is 409 g/mol.